The molecule has 142 valence electrons. The average Bonchev–Trinajstić information content (AvgIpc) is 3.26. The lowest BCUT2D eigenvalue weighted by atomic mass is 9.89. The van der Waals surface area contributed by atoms with Gasteiger partial charge in [-0.1, -0.05) is 19.9 Å². The van der Waals surface area contributed by atoms with E-state index in [0.29, 0.717) is 18.3 Å². The number of hydrogen-bond donors (Lipinski definition) is 3. The predicted molar refractivity (Wildman–Crippen MR) is 103 cm³/mol. The van der Waals surface area contributed by atoms with Crippen LogP contribution in [0.4, 0.5) is 0 Å². The lowest BCUT2D eigenvalue weighted by Gasteiger charge is -2.29. The number of aliphatic hydroxyl groups is 1. The topological polar surface area (TPSA) is 79.2 Å². The molecular weight excluding hydrogens is 348 g/mol. The predicted octanol–water partition coefficient (Wildman–Crippen LogP) is 1.88. The van der Waals surface area contributed by atoms with Gasteiger partial charge in [0.2, 0.25) is 0 Å². The number of aromatic nitrogens is 2. The van der Waals surface area contributed by atoms with Crippen LogP contribution in [0, 0.1) is 5.41 Å². The number of carbonyl (C=O) groups excluding carboxylic acids is 1. The van der Waals surface area contributed by atoms with Crippen molar-refractivity contribution in [2.45, 2.75) is 45.7 Å². The summed E-state index contributed by atoms with van der Waals surface area (Å²) in [5, 5.41) is 22.5. The summed E-state index contributed by atoms with van der Waals surface area (Å²) in [6.07, 6.45) is 2.73. The van der Waals surface area contributed by atoms with Gasteiger partial charge in [-0.25, -0.2) is 0 Å². The Morgan fingerprint density at radius 1 is 1.50 bits per heavy atom. The summed E-state index contributed by atoms with van der Waals surface area (Å²) in [7, 11) is 1.91. The third kappa shape index (κ3) is 4.34. The molecule has 26 heavy (non-hydrogen) atoms. The third-order valence-corrected chi connectivity index (χ3v) is 5.85. The zero-order valence-electron chi connectivity index (χ0n) is 15.7. The van der Waals surface area contributed by atoms with Crippen LogP contribution in [-0.4, -0.2) is 40.0 Å². The van der Waals surface area contributed by atoms with Crippen LogP contribution in [-0.2, 0) is 26.4 Å². The first-order valence-corrected chi connectivity index (χ1v) is 9.97. The molecule has 0 fully saturated rings. The molecule has 3 rings (SSSR count). The molecule has 0 spiro atoms. The van der Waals surface area contributed by atoms with Crippen molar-refractivity contribution in [2.75, 3.05) is 13.2 Å². The molecule has 1 aliphatic carbocycles. The number of hydrogen-bond acceptors (Lipinski definition) is 5. The van der Waals surface area contributed by atoms with Crippen LogP contribution >= 0.6 is 11.3 Å². The second-order valence-electron chi connectivity index (χ2n) is 7.80. The van der Waals surface area contributed by atoms with Gasteiger partial charge in [-0.3, -0.25) is 9.48 Å². The Labute approximate surface area is 158 Å². The molecule has 0 saturated carbocycles. The number of nitrogens with one attached hydrogen (secondary N) is 2. The molecule has 0 radical (unpaired) electrons. The van der Waals surface area contributed by atoms with Gasteiger partial charge in [-0.15, -0.1) is 11.3 Å². The summed E-state index contributed by atoms with van der Waals surface area (Å²) in [4.78, 5) is 13.8. The SMILES string of the molecule is Cn1nc(C(=O)NCc2cccs2)c2c1CCC(NCC(C)(C)CO)C2. The first-order valence-electron chi connectivity index (χ1n) is 9.09. The first kappa shape index (κ1) is 19.1. The molecule has 7 heteroatoms. The van der Waals surface area contributed by atoms with E-state index < -0.39 is 0 Å². The quantitative estimate of drug-likeness (QED) is 0.689. The molecule has 1 unspecified atom stereocenters. The van der Waals surface area contributed by atoms with Crippen LogP contribution in [0.3, 0.4) is 0 Å². The summed E-state index contributed by atoms with van der Waals surface area (Å²) in [5.41, 5.74) is 2.62. The van der Waals surface area contributed by atoms with Crippen molar-refractivity contribution >= 4 is 17.2 Å². The summed E-state index contributed by atoms with van der Waals surface area (Å²) in [5.74, 6) is -0.105. The first-order chi connectivity index (χ1) is 12.4. The molecule has 1 aliphatic rings. The van der Waals surface area contributed by atoms with Crippen molar-refractivity contribution in [3.05, 3.63) is 39.3 Å². The minimum atomic E-state index is -0.143. The highest BCUT2D eigenvalue weighted by Crippen LogP contribution is 2.25. The smallest absolute Gasteiger partial charge is 0.272 e. The molecule has 2 heterocycles. The fourth-order valence-electron chi connectivity index (χ4n) is 3.29. The van der Waals surface area contributed by atoms with E-state index in [9.17, 15) is 9.90 Å². The number of aliphatic hydroxyl groups excluding tert-OH is 1. The number of amides is 1. The fraction of sp³-hybridized carbons (Fsp3) is 0.579. The van der Waals surface area contributed by atoms with Crippen molar-refractivity contribution < 1.29 is 9.90 Å². The number of rotatable bonds is 7. The highest BCUT2D eigenvalue weighted by molar-refractivity contribution is 7.09. The van der Waals surface area contributed by atoms with E-state index >= 15 is 0 Å². The van der Waals surface area contributed by atoms with Crippen LogP contribution in [0.1, 0.15) is 46.9 Å². The molecule has 0 aromatic carbocycles. The van der Waals surface area contributed by atoms with Gasteiger partial charge in [-0.2, -0.15) is 5.10 Å². The van der Waals surface area contributed by atoms with Crippen LogP contribution in [0.5, 0.6) is 0 Å². The molecule has 0 bridgehead atoms. The van der Waals surface area contributed by atoms with Crippen molar-refractivity contribution in [3.8, 4) is 0 Å². The van der Waals surface area contributed by atoms with Gasteiger partial charge < -0.3 is 15.7 Å². The minimum absolute atomic E-state index is 0.105. The minimum Gasteiger partial charge on any atom is -0.396 e. The van der Waals surface area contributed by atoms with Crippen molar-refractivity contribution in [1.82, 2.24) is 20.4 Å². The fourth-order valence-corrected chi connectivity index (χ4v) is 3.93. The molecule has 1 atom stereocenters. The number of carbonyl (C=O) groups is 1. The molecule has 3 N–H and O–H groups in total. The Kier molecular flexibility index (Phi) is 5.79. The van der Waals surface area contributed by atoms with Crippen LogP contribution in [0.25, 0.3) is 0 Å². The van der Waals surface area contributed by atoms with E-state index in [-0.39, 0.29) is 17.9 Å². The van der Waals surface area contributed by atoms with Gasteiger partial charge in [0.15, 0.2) is 5.69 Å². The Morgan fingerprint density at radius 3 is 3.00 bits per heavy atom. The second-order valence-corrected chi connectivity index (χ2v) is 8.83. The Balaban J connectivity index is 1.67. The normalized spacial score (nSPS) is 17.2. The van der Waals surface area contributed by atoms with Crippen molar-refractivity contribution in [3.63, 3.8) is 0 Å². The zero-order valence-corrected chi connectivity index (χ0v) is 16.5. The van der Waals surface area contributed by atoms with Crippen molar-refractivity contribution in [2.24, 2.45) is 12.5 Å². The van der Waals surface area contributed by atoms with Crippen LogP contribution in [0.2, 0.25) is 0 Å². The van der Waals surface area contributed by atoms with E-state index in [0.717, 1.165) is 41.9 Å². The largest absolute Gasteiger partial charge is 0.396 e. The highest BCUT2D eigenvalue weighted by Gasteiger charge is 2.29. The Bertz CT molecular complexity index is 752. The monoisotopic (exact) mass is 376 g/mol. The van der Waals surface area contributed by atoms with Gasteiger partial charge in [0.25, 0.3) is 5.91 Å². The molecule has 0 saturated heterocycles. The zero-order chi connectivity index (χ0) is 18.7. The maximum atomic E-state index is 12.7. The maximum Gasteiger partial charge on any atom is 0.272 e. The molecule has 1 amide bonds. The Hall–Kier alpha value is -1.70. The third-order valence-electron chi connectivity index (χ3n) is 4.97. The number of thiophene rings is 1. The number of nitrogens with zero attached hydrogens (tertiary/aromatic N) is 2. The molecule has 0 aliphatic heterocycles. The number of aryl methyl sites for hydroxylation is 1. The van der Waals surface area contributed by atoms with E-state index in [1.54, 1.807) is 11.3 Å². The summed E-state index contributed by atoms with van der Waals surface area (Å²) in [6, 6.07) is 4.31. The summed E-state index contributed by atoms with van der Waals surface area (Å²) >= 11 is 1.63. The van der Waals surface area contributed by atoms with Gasteiger partial charge in [0.05, 0.1) is 6.54 Å². The van der Waals surface area contributed by atoms with E-state index in [1.807, 2.05) is 43.1 Å². The number of fused-ring (bicyclic) bond motifs is 1. The van der Waals surface area contributed by atoms with Gasteiger partial charge in [-0.05, 0) is 30.7 Å². The molecule has 2 aromatic heterocycles. The summed E-state index contributed by atoms with van der Waals surface area (Å²) < 4.78 is 1.85. The lowest BCUT2D eigenvalue weighted by Crippen LogP contribution is -2.41. The van der Waals surface area contributed by atoms with E-state index in [4.69, 9.17) is 0 Å². The van der Waals surface area contributed by atoms with Gasteiger partial charge >= 0.3 is 0 Å². The maximum absolute atomic E-state index is 12.7. The molecular formula is C19H28N4O2S. The van der Waals surface area contributed by atoms with Gasteiger partial charge in [0, 0.05) is 47.8 Å². The lowest BCUT2D eigenvalue weighted by molar-refractivity contribution is 0.0944. The van der Waals surface area contributed by atoms with E-state index in [1.165, 1.54) is 0 Å². The average molecular weight is 377 g/mol. The molecule has 2 aromatic rings. The summed E-state index contributed by atoms with van der Waals surface area (Å²) in [6.45, 7) is 5.53. The van der Waals surface area contributed by atoms with Crippen LogP contribution < -0.4 is 10.6 Å². The standard InChI is InChI=1S/C19H28N4O2S/c1-19(2,12-24)11-21-13-6-7-16-15(9-13)17(22-23(16)3)18(25)20-10-14-5-4-8-26-14/h4-5,8,13,21,24H,6-7,9-12H2,1-3H3,(H,20,25). The Morgan fingerprint density at radius 2 is 2.31 bits per heavy atom. The second kappa shape index (κ2) is 7.90. The molecule has 6 nitrogen and oxygen atoms in total. The van der Waals surface area contributed by atoms with Gasteiger partial charge in [0.1, 0.15) is 0 Å². The highest BCUT2D eigenvalue weighted by atomic mass is 32.1. The van der Waals surface area contributed by atoms with Crippen LogP contribution in [0.15, 0.2) is 17.5 Å². The van der Waals surface area contributed by atoms with Crippen molar-refractivity contribution in [1.29, 1.82) is 0 Å². The van der Waals surface area contributed by atoms with E-state index in [2.05, 4.69) is 15.7 Å².